The molecule has 1 heterocycles. The summed E-state index contributed by atoms with van der Waals surface area (Å²) in [5.41, 5.74) is 10.7. The van der Waals surface area contributed by atoms with Gasteiger partial charge in [-0.15, -0.1) is 11.3 Å². The minimum absolute atomic E-state index is 0.0524. The zero-order valence-electron chi connectivity index (χ0n) is 11.3. The molecule has 5 heteroatoms. The van der Waals surface area contributed by atoms with Gasteiger partial charge in [0.05, 0.1) is 23.3 Å². The van der Waals surface area contributed by atoms with Gasteiger partial charge in [0.2, 0.25) is 0 Å². The number of hydrogen-bond acceptors (Lipinski definition) is 4. The molecule has 4 nitrogen and oxygen atoms in total. The van der Waals surface area contributed by atoms with Gasteiger partial charge in [-0.3, -0.25) is 4.79 Å². The minimum atomic E-state index is -0.0524. The Balaban J connectivity index is 2.22. The monoisotopic (exact) mass is 275 g/mol. The summed E-state index contributed by atoms with van der Waals surface area (Å²) in [6.45, 7) is 4.41. The van der Waals surface area contributed by atoms with Crippen molar-refractivity contribution in [3.8, 4) is 0 Å². The number of nitrogen functional groups attached to an aromatic ring is 1. The predicted molar refractivity (Wildman–Crippen MR) is 78.2 cm³/mol. The molecule has 0 saturated heterocycles. The summed E-state index contributed by atoms with van der Waals surface area (Å²) in [4.78, 5) is 19.4. The lowest BCUT2D eigenvalue weighted by Gasteiger charge is -2.19. The molecule has 0 spiro atoms. The lowest BCUT2D eigenvalue weighted by Crippen LogP contribution is -2.27. The summed E-state index contributed by atoms with van der Waals surface area (Å²) in [5.74, 6) is -0.0524. The molecule has 0 aliphatic carbocycles. The van der Waals surface area contributed by atoms with E-state index in [0.717, 1.165) is 16.1 Å². The summed E-state index contributed by atoms with van der Waals surface area (Å²) >= 11 is 1.56. The quantitative estimate of drug-likeness (QED) is 0.876. The first-order valence-corrected chi connectivity index (χ1v) is 6.88. The molecule has 0 bridgehead atoms. The SMILES string of the molecule is Cc1cccc(N)c1C(=O)N(C)Cc1scnc1C. The van der Waals surface area contributed by atoms with E-state index >= 15 is 0 Å². The number of nitrogens with zero attached hydrogens (tertiary/aromatic N) is 2. The third kappa shape index (κ3) is 2.76. The highest BCUT2D eigenvalue weighted by molar-refractivity contribution is 7.09. The van der Waals surface area contributed by atoms with Gasteiger partial charge in [0.1, 0.15) is 0 Å². The Labute approximate surface area is 116 Å². The van der Waals surface area contributed by atoms with Gasteiger partial charge in [-0.1, -0.05) is 12.1 Å². The Bertz CT molecular complexity index is 586. The van der Waals surface area contributed by atoms with Gasteiger partial charge in [-0.05, 0) is 25.5 Å². The van der Waals surface area contributed by atoms with Crippen LogP contribution < -0.4 is 5.73 Å². The molecule has 1 amide bonds. The molecule has 2 rings (SSSR count). The van der Waals surface area contributed by atoms with E-state index in [1.54, 1.807) is 34.9 Å². The lowest BCUT2D eigenvalue weighted by atomic mass is 10.1. The first-order valence-electron chi connectivity index (χ1n) is 6.00. The van der Waals surface area contributed by atoms with Gasteiger partial charge in [0.15, 0.2) is 0 Å². The number of nitrogens with two attached hydrogens (primary N) is 1. The molecule has 2 aromatic rings. The summed E-state index contributed by atoms with van der Waals surface area (Å²) < 4.78 is 0. The summed E-state index contributed by atoms with van der Waals surface area (Å²) in [6.07, 6.45) is 0. The number of aryl methyl sites for hydroxylation is 2. The van der Waals surface area contributed by atoms with Crippen molar-refractivity contribution >= 4 is 22.9 Å². The molecule has 0 aliphatic heterocycles. The molecule has 1 aromatic carbocycles. The van der Waals surface area contributed by atoms with Gasteiger partial charge in [0.25, 0.3) is 5.91 Å². The highest BCUT2D eigenvalue weighted by atomic mass is 32.1. The van der Waals surface area contributed by atoms with Crippen molar-refractivity contribution in [1.29, 1.82) is 0 Å². The van der Waals surface area contributed by atoms with E-state index in [1.807, 2.05) is 26.0 Å². The van der Waals surface area contributed by atoms with Crippen LogP contribution in [0.25, 0.3) is 0 Å². The second-order valence-corrected chi connectivity index (χ2v) is 5.50. The van der Waals surface area contributed by atoms with E-state index in [2.05, 4.69) is 4.98 Å². The molecule has 2 N–H and O–H groups in total. The van der Waals surface area contributed by atoms with Crippen molar-refractivity contribution in [3.63, 3.8) is 0 Å². The Morgan fingerprint density at radius 2 is 2.16 bits per heavy atom. The average Bonchev–Trinajstić information content (AvgIpc) is 2.74. The second kappa shape index (κ2) is 5.40. The van der Waals surface area contributed by atoms with Crippen LogP contribution in [0.3, 0.4) is 0 Å². The number of amides is 1. The fourth-order valence-electron chi connectivity index (χ4n) is 1.94. The smallest absolute Gasteiger partial charge is 0.256 e. The van der Waals surface area contributed by atoms with Crippen molar-refractivity contribution in [1.82, 2.24) is 9.88 Å². The number of carbonyl (C=O) groups is 1. The van der Waals surface area contributed by atoms with Gasteiger partial charge in [-0.2, -0.15) is 0 Å². The first-order chi connectivity index (χ1) is 9.00. The molecule has 0 atom stereocenters. The van der Waals surface area contributed by atoms with Gasteiger partial charge in [-0.25, -0.2) is 4.98 Å². The van der Waals surface area contributed by atoms with E-state index in [0.29, 0.717) is 17.8 Å². The van der Waals surface area contributed by atoms with Crippen molar-refractivity contribution < 1.29 is 4.79 Å². The topological polar surface area (TPSA) is 59.2 Å². The molecular formula is C14H17N3OS. The van der Waals surface area contributed by atoms with Crippen LogP contribution in [0.1, 0.15) is 26.5 Å². The van der Waals surface area contributed by atoms with Crippen LogP contribution in [-0.2, 0) is 6.54 Å². The molecular weight excluding hydrogens is 258 g/mol. The number of benzene rings is 1. The molecule has 0 unspecified atom stereocenters. The van der Waals surface area contributed by atoms with E-state index in [4.69, 9.17) is 5.73 Å². The van der Waals surface area contributed by atoms with Crippen molar-refractivity contribution in [2.75, 3.05) is 12.8 Å². The zero-order chi connectivity index (χ0) is 14.0. The van der Waals surface area contributed by atoms with Gasteiger partial charge >= 0.3 is 0 Å². The van der Waals surface area contributed by atoms with E-state index < -0.39 is 0 Å². The van der Waals surface area contributed by atoms with Crippen LogP contribution in [0.5, 0.6) is 0 Å². The molecule has 19 heavy (non-hydrogen) atoms. The fraction of sp³-hybridized carbons (Fsp3) is 0.286. The normalized spacial score (nSPS) is 10.5. The highest BCUT2D eigenvalue weighted by Gasteiger charge is 2.18. The molecule has 0 radical (unpaired) electrons. The number of carbonyl (C=O) groups excluding carboxylic acids is 1. The summed E-state index contributed by atoms with van der Waals surface area (Å²) in [7, 11) is 1.79. The van der Waals surface area contributed by atoms with E-state index in [9.17, 15) is 4.79 Å². The summed E-state index contributed by atoms with van der Waals surface area (Å²) in [5, 5.41) is 0. The van der Waals surface area contributed by atoms with Crippen LogP contribution in [-0.4, -0.2) is 22.8 Å². The number of anilines is 1. The van der Waals surface area contributed by atoms with Crippen LogP contribution in [0.2, 0.25) is 0 Å². The Morgan fingerprint density at radius 3 is 2.74 bits per heavy atom. The van der Waals surface area contributed by atoms with Crippen LogP contribution >= 0.6 is 11.3 Å². The predicted octanol–water partition coefficient (Wildman–Crippen LogP) is 2.61. The average molecular weight is 275 g/mol. The molecule has 0 fully saturated rings. The Hall–Kier alpha value is -1.88. The Morgan fingerprint density at radius 1 is 1.42 bits per heavy atom. The molecule has 0 saturated carbocycles. The Kier molecular flexibility index (Phi) is 3.85. The fourth-order valence-corrected chi connectivity index (χ4v) is 2.77. The molecule has 1 aromatic heterocycles. The van der Waals surface area contributed by atoms with Gasteiger partial charge < -0.3 is 10.6 Å². The number of rotatable bonds is 3. The second-order valence-electron chi connectivity index (χ2n) is 4.56. The van der Waals surface area contributed by atoms with Crippen molar-refractivity contribution in [2.24, 2.45) is 0 Å². The summed E-state index contributed by atoms with van der Waals surface area (Å²) in [6, 6.07) is 5.51. The van der Waals surface area contributed by atoms with Crippen molar-refractivity contribution in [2.45, 2.75) is 20.4 Å². The number of hydrogen-bond donors (Lipinski definition) is 1. The van der Waals surface area contributed by atoms with Crippen LogP contribution in [0, 0.1) is 13.8 Å². The minimum Gasteiger partial charge on any atom is -0.398 e. The standard InChI is InChI=1S/C14H17N3OS/c1-9-5-4-6-11(15)13(9)14(18)17(3)7-12-10(2)16-8-19-12/h4-6,8H,7,15H2,1-3H3. The number of thiazole rings is 1. The number of aromatic nitrogens is 1. The zero-order valence-corrected chi connectivity index (χ0v) is 12.1. The maximum absolute atomic E-state index is 12.5. The van der Waals surface area contributed by atoms with Crippen LogP contribution in [0.15, 0.2) is 23.7 Å². The first kappa shape index (κ1) is 13.5. The van der Waals surface area contributed by atoms with Gasteiger partial charge in [0, 0.05) is 17.6 Å². The highest BCUT2D eigenvalue weighted by Crippen LogP contribution is 2.20. The van der Waals surface area contributed by atoms with Crippen molar-refractivity contribution in [3.05, 3.63) is 45.4 Å². The molecule has 100 valence electrons. The third-order valence-corrected chi connectivity index (χ3v) is 4.01. The van der Waals surface area contributed by atoms with E-state index in [1.165, 1.54) is 0 Å². The van der Waals surface area contributed by atoms with Crippen LogP contribution in [0.4, 0.5) is 5.69 Å². The maximum Gasteiger partial charge on any atom is 0.256 e. The lowest BCUT2D eigenvalue weighted by molar-refractivity contribution is 0.0786. The largest absolute Gasteiger partial charge is 0.398 e. The third-order valence-electron chi connectivity index (χ3n) is 3.09. The molecule has 0 aliphatic rings. The van der Waals surface area contributed by atoms with E-state index in [-0.39, 0.29) is 5.91 Å². The maximum atomic E-state index is 12.5.